The van der Waals surface area contributed by atoms with Crippen molar-refractivity contribution in [3.63, 3.8) is 0 Å². The zero-order chi connectivity index (χ0) is 31.5. The van der Waals surface area contributed by atoms with Crippen LogP contribution < -0.4 is 14.9 Å². The van der Waals surface area contributed by atoms with E-state index in [1.807, 2.05) is 41.7 Å². The third kappa shape index (κ3) is 7.27. The second-order valence-electron chi connectivity index (χ2n) is 10.9. The van der Waals surface area contributed by atoms with Gasteiger partial charge in [0.25, 0.3) is 5.91 Å². The van der Waals surface area contributed by atoms with Crippen LogP contribution in [0.4, 0.5) is 4.39 Å². The highest BCUT2D eigenvalue weighted by molar-refractivity contribution is 7.52. The molecule has 1 amide bonds. The number of halogens is 1. The van der Waals surface area contributed by atoms with Crippen LogP contribution in [-0.2, 0) is 34.8 Å². The van der Waals surface area contributed by atoms with E-state index in [9.17, 15) is 28.8 Å². The monoisotopic (exact) mass is 629 g/mol. The minimum absolute atomic E-state index is 0.0124. The summed E-state index contributed by atoms with van der Waals surface area (Å²) in [5.41, 5.74) is -0.802. The van der Waals surface area contributed by atoms with Crippen molar-refractivity contribution in [2.45, 2.75) is 57.2 Å². The van der Waals surface area contributed by atoms with Crippen molar-refractivity contribution < 1.29 is 47.3 Å². The third-order valence-corrected chi connectivity index (χ3v) is 8.83. The zero-order valence-electron chi connectivity index (χ0n) is 24.0. The van der Waals surface area contributed by atoms with Crippen LogP contribution >= 0.6 is 7.75 Å². The number of esters is 1. The molecule has 2 aliphatic heterocycles. The lowest BCUT2D eigenvalue weighted by Gasteiger charge is -2.34. The number of carbonyl (C=O) groups is 2. The molecule has 234 valence electrons. The lowest BCUT2D eigenvalue weighted by Crippen LogP contribution is -2.53. The predicted octanol–water partition coefficient (Wildman–Crippen LogP) is 3.45. The van der Waals surface area contributed by atoms with Gasteiger partial charge < -0.3 is 34.4 Å². The van der Waals surface area contributed by atoms with Crippen LogP contribution in [0.15, 0.2) is 84.8 Å². The summed E-state index contributed by atoms with van der Waals surface area (Å²) in [5.74, 6) is -2.74. The molecule has 0 aliphatic carbocycles. The van der Waals surface area contributed by atoms with E-state index in [1.165, 1.54) is 13.8 Å². The Kier molecular flexibility index (Phi) is 9.35. The highest BCUT2D eigenvalue weighted by atomic mass is 31.2. The Morgan fingerprint density at radius 2 is 1.82 bits per heavy atom. The third-order valence-electron chi connectivity index (χ3n) is 7.08. The fourth-order valence-electron chi connectivity index (χ4n) is 4.76. The number of nitrogens with one attached hydrogen (secondary N) is 2. The molecule has 0 spiro atoms. The molecule has 4 N–H and O–H groups in total. The van der Waals surface area contributed by atoms with Crippen LogP contribution in [0.1, 0.15) is 25.8 Å². The van der Waals surface area contributed by atoms with E-state index in [0.717, 1.165) is 22.0 Å². The maximum absolute atomic E-state index is 14.3. The standard InChI is InChI=1S/C30H33FN3O9P/c1-30(2,28(37)40-17-19-9-4-3-5-10-19)33-44(39,43-24-14-8-12-20-11-6-7-13-21(20)24)41-18-25-23(35)15-26(42-25)34-16-22(31)27(36)32-29(34)38/h3-14,16,23,25-26,29,35,38H,15,17-18H2,1-2H3,(H,32,36)(H,33,39)/t23?,25-,26-,29?,44?/m1/s1. The molecule has 3 aromatic rings. The van der Waals surface area contributed by atoms with Crippen molar-refractivity contribution in [1.29, 1.82) is 0 Å². The minimum Gasteiger partial charge on any atom is -0.459 e. The Balaban J connectivity index is 1.34. The van der Waals surface area contributed by atoms with Crippen LogP contribution in [0.3, 0.4) is 0 Å². The first-order valence-corrected chi connectivity index (χ1v) is 15.4. The van der Waals surface area contributed by atoms with E-state index >= 15 is 0 Å². The van der Waals surface area contributed by atoms with Crippen LogP contribution in [0.5, 0.6) is 5.75 Å². The van der Waals surface area contributed by atoms with E-state index in [4.69, 9.17) is 18.5 Å². The molecule has 14 heteroatoms. The van der Waals surface area contributed by atoms with Gasteiger partial charge in [0.2, 0.25) is 12.2 Å². The molecule has 12 nitrogen and oxygen atoms in total. The molecular formula is C30H33FN3O9P. The fraction of sp³-hybridized carbons (Fsp3) is 0.333. The first-order chi connectivity index (χ1) is 20.9. The summed E-state index contributed by atoms with van der Waals surface area (Å²) in [5, 5.41) is 27.0. The smallest absolute Gasteiger partial charge is 0.459 e. The van der Waals surface area contributed by atoms with E-state index in [0.29, 0.717) is 5.39 Å². The zero-order valence-corrected chi connectivity index (χ0v) is 24.9. The van der Waals surface area contributed by atoms with Gasteiger partial charge in [-0.05, 0) is 30.9 Å². The number of nitrogens with zero attached hydrogens (tertiary/aromatic N) is 1. The molecule has 0 radical (unpaired) electrons. The normalized spacial score (nSPS) is 23.5. The molecule has 1 fully saturated rings. The van der Waals surface area contributed by atoms with Crippen molar-refractivity contribution in [2.24, 2.45) is 0 Å². The summed E-state index contributed by atoms with van der Waals surface area (Å²) < 4.78 is 51.2. The number of aliphatic hydroxyl groups excluding tert-OH is 2. The molecule has 0 aromatic heterocycles. The van der Waals surface area contributed by atoms with Gasteiger partial charge in [-0.2, -0.15) is 9.48 Å². The van der Waals surface area contributed by atoms with Crippen LogP contribution in [-0.4, -0.2) is 63.9 Å². The Bertz CT molecular complexity index is 1580. The fourth-order valence-corrected chi connectivity index (χ4v) is 6.46. The largest absolute Gasteiger partial charge is 0.459 e. The van der Waals surface area contributed by atoms with Gasteiger partial charge in [0.05, 0.1) is 12.7 Å². The highest BCUT2D eigenvalue weighted by Gasteiger charge is 2.44. The second kappa shape index (κ2) is 13.0. The minimum atomic E-state index is -4.41. The molecule has 5 atom stereocenters. The number of hydrogen-bond acceptors (Lipinski definition) is 10. The summed E-state index contributed by atoms with van der Waals surface area (Å²) in [6, 6.07) is 21.5. The highest BCUT2D eigenvalue weighted by Crippen LogP contribution is 2.48. The summed E-state index contributed by atoms with van der Waals surface area (Å²) in [6.07, 6.45) is -4.23. The van der Waals surface area contributed by atoms with Crippen LogP contribution in [0.25, 0.3) is 10.8 Å². The van der Waals surface area contributed by atoms with Gasteiger partial charge >= 0.3 is 13.7 Å². The summed E-state index contributed by atoms with van der Waals surface area (Å²) >= 11 is 0. The SMILES string of the molecule is CC(C)(NP(=O)(OC[C@H]1O[C@@H](N2C=C(F)C(=O)NC2O)CC1O)Oc1cccc2ccccc12)C(=O)OCc1ccccc1. The average molecular weight is 630 g/mol. The lowest BCUT2D eigenvalue weighted by molar-refractivity contribution is -0.151. The molecule has 2 aliphatic rings. The number of hydrogen-bond donors (Lipinski definition) is 4. The van der Waals surface area contributed by atoms with Crippen molar-refractivity contribution in [3.05, 3.63) is 90.4 Å². The van der Waals surface area contributed by atoms with Crippen molar-refractivity contribution >= 4 is 30.4 Å². The first-order valence-electron chi connectivity index (χ1n) is 13.8. The summed E-state index contributed by atoms with van der Waals surface area (Å²) in [7, 11) is -4.41. The maximum Gasteiger partial charge on any atom is 0.459 e. The lowest BCUT2D eigenvalue weighted by atomic mass is 10.1. The van der Waals surface area contributed by atoms with Crippen molar-refractivity contribution in [3.8, 4) is 5.75 Å². The van der Waals surface area contributed by atoms with Crippen molar-refractivity contribution in [2.75, 3.05) is 6.61 Å². The van der Waals surface area contributed by atoms with Gasteiger partial charge in [0.1, 0.15) is 30.2 Å². The van der Waals surface area contributed by atoms with E-state index in [2.05, 4.69) is 5.09 Å². The maximum atomic E-state index is 14.3. The second-order valence-corrected chi connectivity index (χ2v) is 12.5. The van der Waals surface area contributed by atoms with E-state index < -0.39 is 62.4 Å². The molecule has 0 bridgehead atoms. The Labute approximate surface area is 252 Å². The number of carbonyl (C=O) groups excluding carboxylic acids is 2. The number of benzene rings is 3. The van der Waals surface area contributed by atoms with Gasteiger partial charge in [-0.1, -0.05) is 66.7 Å². The van der Waals surface area contributed by atoms with Crippen LogP contribution in [0.2, 0.25) is 0 Å². The van der Waals surface area contributed by atoms with E-state index in [1.54, 1.807) is 36.4 Å². The van der Waals surface area contributed by atoms with Gasteiger partial charge in [0.15, 0.2) is 0 Å². The number of amides is 1. The molecule has 5 rings (SSSR count). The van der Waals surface area contributed by atoms with Crippen molar-refractivity contribution in [1.82, 2.24) is 15.3 Å². The predicted molar refractivity (Wildman–Crippen MR) is 156 cm³/mol. The molecule has 1 saturated heterocycles. The Hall–Kier alpha value is -3.84. The Morgan fingerprint density at radius 3 is 2.59 bits per heavy atom. The van der Waals surface area contributed by atoms with Gasteiger partial charge in [-0.25, -0.2) is 4.57 Å². The molecule has 0 saturated carbocycles. The van der Waals surface area contributed by atoms with Crippen LogP contribution in [0, 0.1) is 0 Å². The topological polar surface area (TPSA) is 156 Å². The number of rotatable bonds is 11. The summed E-state index contributed by atoms with van der Waals surface area (Å²) in [4.78, 5) is 25.6. The number of ether oxygens (including phenoxy) is 2. The molecular weight excluding hydrogens is 596 g/mol. The molecule has 44 heavy (non-hydrogen) atoms. The molecule has 3 aromatic carbocycles. The quantitative estimate of drug-likeness (QED) is 0.182. The number of aliphatic hydroxyl groups is 2. The van der Waals surface area contributed by atoms with Gasteiger partial charge in [0, 0.05) is 18.0 Å². The first kappa shape index (κ1) is 31.6. The molecule has 2 heterocycles. The van der Waals surface area contributed by atoms with E-state index in [-0.39, 0.29) is 18.8 Å². The Morgan fingerprint density at radius 1 is 1.11 bits per heavy atom. The number of fused-ring (bicyclic) bond motifs is 1. The van der Waals surface area contributed by atoms with Gasteiger partial charge in [-0.3, -0.25) is 14.1 Å². The van der Waals surface area contributed by atoms with Gasteiger partial charge in [-0.15, -0.1) is 0 Å². The molecule has 3 unspecified atom stereocenters. The average Bonchev–Trinajstić information content (AvgIpc) is 3.37. The summed E-state index contributed by atoms with van der Waals surface area (Å²) in [6.45, 7) is 2.44.